The van der Waals surface area contributed by atoms with Crippen LogP contribution in [-0.4, -0.2) is 14.0 Å². The molecule has 24 heavy (non-hydrogen) atoms. The Labute approximate surface area is 146 Å². The molecule has 0 aliphatic rings. The molecule has 0 saturated heterocycles. The number of carbonyl (C=O) groups excluding carboxylic acids is 1. The van der Waals surface area contributed by atoms with Crippen molar-refractivity contribution in [2.24, 2.45) is 0 Å². The summed E-state index contributed by atoms with van der Waals surface area (Å²) in [5.41, 5.74) is 5.69. The van der Waals surface area contributed by atoms with Crippen molar-refractivity contribution in [2.75, 3.05) is 0 Å². The van der Waals surface area contributed by atoms with Gasteiger partial charge in [-0.3, -0.25) is 4.79 Å². The average Bonchev–Trinajstić information content (AvgIpc) is 2.54. The highest BCUT2D eigenvalue weighted by molar-refractivity contribution is 6.81. The van der Waals surface area contributed by atoms with Gasteiger partial charge < -0.3 is 5.32 Å². The Kier molecular flexibility index (Phi) is 6.15. The molecule has 2 aromatic carbocycles. The maximum Gasteiger partial charge on any atom is 0.243 e. The van der Waals surface area contributed by atoms with Crippen molar-refractivity contribution in [2.45, 2.75) is 39.0 Å². The van der Waals surface area contributed by atoms with Crippen LogP contribution >= 0.6 is 0 Å². The quantitative estimate of drug-likeness (QED) is 0.594. The number of rotatable bonds is 6. The summed E-state index contributed by atoms with van der Waals surface area (Å²) in [7, 11) is -1.37. The standard InChI is InChI=1S/C21H27NOSi/c1-17-10-12-18(13-11-17)16-20(19-8-6-5-7-9-19)22-21(23)14-15-24(2,3)4/h5-15,20H,16H2,1-4H3,(H,22,23)/b15-14+. The molecule has 1 N–H and O–H groups in total. The van der Waals surface area contributed by atoms with Gasteiger partial charge in [0.2, 0.25) is 5.91 Å². The summed E-state index contributed by atoms with van der Waals surface area (Å²) >= 11 is 0. The van der Waals surface area contributed by atoms with Gasteiger partial charge in [-0.15, -0.1) is 0 Å². The number of benzene rings is 2. The first-order chi connectivity index (χ1) is 11.3. The monoisotopic (exact) mass is 337 g/mol. The summed E-state index contributed by atoms with van der Waals surface area (Å²) in [6.07, 6.45) is 2.49. The van der Waals surface area contributed by atoms with Crippen LogP contribution in [-0.2, 0) is 11.2 Å². The third-order valence-electron chi connectivity index (χ3n) is 3.81. The SMILES string of the molecule is Cc1ccc(CC(NC(=O)/C=C/[Si](C)(C)C)c2ccccc2)cc1. The highest BCUT2D eigenvalue weighted by atomic mass is 28.3. The van der Waals surface area contributed by atoms with Crippen LogP contribution in [0.1, 0.15) is 22.7 Å². The third-order valence-corrected chi connectivity index (χ3v) is 4.98. The summed E-state index contributed by atoms with van der Waals surface area (Å²) in [4.78, 5) is 12.3. The van der Waals surface area contributed by atoms with E-state index in [1.807, 2.05) is 18.2 Å². The Morgan fingerprint density at radius 3 is 2.25 bits per heavy atom. The molecule has 3 heteroatoms. The molecule has 2 rings (SSSR count). The Morgan fingerprint density at radius 2 is 1.67 bits per heavy atom. The van der Waals surface area contributed by atoms with Gasteiger partial charge in [-0.05, 0) is 30.5 Å². The van der Waals surface area contributed by atoms with Crippen LogP contribution in [0.5, 0.6) is 0 Å². The molecule has 0 aliphatic carbocycles. The van der Waals surface area contributed by atoms with Crippen LogP contribution in [0.2, 0.25) is 19.6 Å². The van der Waals surface area contributed by atoms with E-state index in [-0.39, 0.29) is 11.9 Å². The molecule has 0 saturated carbocycles. The fraction of sp³-hybridized carbons (Fsp3) is 0.286. The molecule has 2 nitrogen and oxygen atoms in total. The molecule has 1 amide bonds. The largest absolute Gasteiger partial charge is 0.345 e. The number of hydrogen-bond donors (Lipinski definition) is 1. The molecular formula is C21H27NOSi. The lowest BCUT2D eigenvalue weighted by atomic mass is 9.98. The molecule has 0 bridgehead atoms. The van der Waals surface area contributed by atoms with E-state index in [0.29, 0.717) is 0 Å². The van der Waals surface area contributed by atoms with Gasteiger partial charge in [0.15, 0.2) is 0 Å². The van der Waals surface area contributed by atoms with Crippen LogP contribution in [0.3, 0.4) is 0 Å². The van der Waals surface area contributed by atoms with Crippen LogP contribution in [0.15, 0.2) is 66.4 Å². The molecule has 0 fully saturated rings. The van der Waals surface area contributed by atoms with Gasteiger partial charge >= 0.3 is 0 Å². The van der Waals surface area contributed by atoms with Gasteiger partial charge in [0, 0.05) is 0 Å². The van der Waals surface area contributed by atoms with Gasteiger partial charge in [-0.25, -0.2) is 0 Å². The van der Waals surface area contributed by atoms with E-state index >= 15 is 0 Å². The average molecular weight is 338 g/mol. The van der Waals surface area contributed by atoms with Gasteiger partial charge in [-0.1, -0.05) is 85.5 Å². The second-order valence-corrected chi connectivity index (χ2v) is 12.4. The Balaban J connectivity index is 2.16. The summed E-state index contributed by atoms with van der Waals surface area (Å²) in [5, 5.41) is 3.17. The second kappa shape index (κ2) is 8.11. The topological polar surface area (TPSA) is 29.1 Å². The van der Waals surface area contributed by atoms with Gasteiger partial charge in [0.05, 0.1) is 14.1 Å². The molecule has 0 aromatic heterocycles. The van der Waals surface area contributed by atoms with Crippen LogP contribution in [0, 0.1) is 6.92 Å². The minimum atomic E-state index is -1.37. The Bertz CT molecular complexity index is 684. The fourth-order valence-electron chi connectivity index (χ4n) is 2.44. The van der Waals surface area contributed by atoms with Crippen molar-refractivity contribution >= 4 is 14.0 Å². The number of carbonyl (C=O) groups is 1. The number of amides is 1. The van der Waals surface area contributed by atoms with Crippen molar-refractivity contribution < 1.29 is 4.79 Å². The third kappa shape index (κ3) is 6.17. The smallest absolute Gasteiger partial charge is 0.243 e. The molecule has 0 aliphatic heterocycles. The maximum absolute atomic E-state index is 12.3. The first kappa shape index (κ1) is 18.2. The van der Waals surface area contributed by atoms with E-state index in [9.17, 15) is 4.79 Å². The lowest BCUT2D eigenvalue weighted by Crippen LogP contribution is -2.29. The number of nitrogens with one attached hydrogen (secondary N) is 1. The zero-order valence-corrected chi connectivity index (χ0v) is 16.0. The van der Waals surface area contributed by atoms with Crippen molar-refractivity contribution in [3.8, 4) is 0 Å². The van der Waals surface area contributed by atoms with Crippen molar-refractivity contribution in [1.82, 2.24) is 5.32 Å². The van der Waals surface area contributed by atoms with Crippen molar-refractivity contribution in [1.29, 1.82) is 0 Å². The van der Waals surface area contributed by atoms with Gasteiger partial charge in [0.1, 0.15) is 0 Å². The predicted octanol–water partition coefficient (Wildman–Crippen LogP) is 4.83. The first-order valence-electron chi connectivity index (χ1n) is 8.44. The predicted molar refractivity (Wildman–Crippen MR) is 105 cm³/mol. The minimum Gasteiger partial charge on any atom is -0.345 e. The maximum atomic E-state index is 12.3. The molecular weight excluding hydrogens is 310 g/mol. The molecule has 0 heterocycles. The summed E-state index contributed by atoms with van der Waals surface area (Å²) < 4.78 is 0. The van der Waals surface area contributed by atoms with E-state index < -0.39 is 8.07 Å². The van der Waals surface area contributed by atoms with E-state index in [4.69, 9.17) is 0 Å². The highest BCUT2D eigenvalue weighted by Gasteiger charge is 2.15. The Hall–Kier alpha value is -2.13. The normalized spacial score (nSPS) is 13.0. The first-order valence-corrected chi connectivity index (χ1v) is 12.0. The van der Waals surface area contributed by atoms with Crippen LogP contribution < -0.4 is 5.32 Å². The minimum absolute atomic E-state index is 0.0154. The van der Waals surface area contributed by atoms with E-state index in [2.05, 4.69) is 74.0 Å². The molecule has 0 radical (unpaired) electrons. The number of hydrogen-bond acceptors (Lipinski definition) is 1. The summed E-state index contributed by atoms with van der Waals surface area (Å²) in [6, 6.07) is 18.7. The van der Waals surface area contributed by atoms with Gasteiger partial charge in [0.25, 0.3) is 0 Å². The second-order valence-electron chi connectivity index (χ2n) is 7.36. The van der Waals surface area contributed by atoms with E-state index in [1.165, 1.54) is 11.1 Å². The molecule has 1 unspecified atom stereocenters. The zero-order valence-electron chi connectivity index (χ0n) is 15.0. The lowest BCUT2D eigenvalue weighted by Gasteiger charge is -2.19. The van der Waals surface area contributed by atoms with Crippen LogP contribution in [0.25, 0.3) is 0 Å². The zero-order chi connectivity index (χ0) is 17.6. The highest BCUT2D eigenvalue weighted by Crippen LogP contribution is 2.19. The fourth-order valence-corrected chi connectivity index (χ4v) is 3.09. The summed E-state index contributed by atoms with van der Waals surface area (Å²) in [5.74, 6) is -0.0154. The molecule has 2 aromatic rings. The van der Waals surface area contributed by atoms with E-state index in [0.717, 1.165) is 12.0 Å². The van der Waals surface area contributed by atoms with Crippen molar-refractivity contribution in [3.63, 3.8) is 0 Å². The number of aryl methyl sites for hydroxylation is 1. The van der Waals surface area contributed by atoms with Crippen molar-refractivity contribution in [3.05, 3.63) is 83.1 Å². The van der Waals surface area contributed by atoms with Gasteiger partial charge in [-0.2, -0.15) is 0 Å². The molecule has 0 spiro atoms. The van der Waals surface area contributed by atoms with Crippen LogP contribution in [0.4, 0.5) is 0 Å². The Morgan fingerprint density at radius 1 is 1.04 bits per heavy atom. The lowest BCUT2D eigenvalue weighted by molar-refractivity contribution is -0.117. The molecule has 126 valence electrons. The van der Waals surface area contributed by atoms with E-state index in [1.54, 1.807) is 6.08 Å². The summed E-state index contributed by atoms with van der Waals surface area (Å²) in [6.45, 7) is 8.74. The molecule has 1 atom stereocenters.